The van der Waals surface area contributed by atoms with Gasteiger partial charge in [0.05, 0.1) is 0 Å². The molecule has 3 rings (SSSR count). The lowest BCUT2D eigenvalue weighted by atomic mass is 9.75. The minimum absolute atomic E-state index is 0.299. The summed E-state index contributed by atoms with van der Waals surface area (Å²) in [5.74, 6) is 0. The van der Waals surface area contributed by atoms with E-state index in [1.165, 1.54) is 5.56 Å². The normalized spacial score (nSPS) is 29.6. The Morgan fingerprint density at radius 1 is 1.29 bits per heavy atom. The quantitative estimate of drug-likeness (QED) is 0.745. The van der Waals surface area contributed by atoms with Crippen molar-refractivity contribution in [1.29, 1.82) is 0 Å². The Kier molecular flexibility index (Phi) is 1.88. The van der Waals surface area contributed by atoms with Gasteiger partial charge in [0.2, 0.25) is 0 Å². The average Bonchev–Trinajstić information content (AvgIpc) is 2.46. The molecule has 4 heteroatoms. The van der Waals surface area contributed by atoms with Crippen molar-refractivity contribution in [3.8, 4) is 0 Å². The monoisotopic (exact) mass is 232 g/mol. The van der Waals surface area contributed by atoms with Gasteiger partial charge < -0.3 is 4.74 Å². The number of fused-ring (bicyclic) bond motifs is 3. The zero-order valence-electron chi connectivity index (χ0n) is 10.3. The van der Waals surface area contributed by atoms with E-state index in [1.54, 1.807) is 5.01 Å². The maximum absolute atomic E-state index is 11.9. The molecule has 0 spiro atoms. The zero-order valence-corrected chi connectivity index (χ0v) is 10.3. The van der Waals surface area contributed by atoms with E-state index in [1.807, 2.05) is 32.9 Å². The van der Waals surface area contributed by atoms with Gasteiger partial charge in [0.25, 0.3) is 0 Å². The molecule has 2 aliphatic heterocycles. The molecule has 1 aromatic rings. The molecule has 0 radical (unpaired) electrons. The van der Waals surface area contributed by atoms with Crippen LogP contribution in [0.1, 0.15) is 31.9 Å². The molecule has 2 heterocycles. The van der Waals surface area contributed by atoms with Gasteiger partial charge in [-0.25, -0.2) is 15.2 Å². The molecule has 17 heavy (non-hydrogen) atoms. The summed E-state index contributed by atoms with van der Waals surface area (Å²) >= 11 is 0. The number of rotatable bonds is 0. The van der Waals surface area contributed by atoms with Gasteiger partial charge in [-0.05, 0) is 31.9 Å². The number of carbonyl (C=O) groups is 1. The van der Waals surface area contributed by atoms with Crippen molar-refractivity contribution in [2.24, 2.45) is 0 Å². The van der Waals surface area contributed by atoms with E-state index in [0.29, 0.717) is 6.54 Å². The van der Waals surface area contributed by atoms with Crippen LogP contribution in [0.2, 0.25) is 0 Å². The molecule has 0 aliphatic carbocycles. The fourth-order valence-corrected chi connectivity index (χ4v) is 2.80. The van der Waals surface area contributed by atoms with Crippen LogP contribution in [-0.4, -0.2) is 16.7 Å². The van der Waals surface area contributed by atoms with Crippen LogP contribution >= 0.6 is 0 Å². The predicted molar refractivity (Wildman–Crippen MR) is 63.0 cm³/mol. The van der Waals surface area contributed by atoms with E-state index in [-0.39, 0.29) is 6.09 Å². The van der Waals surface area contributed by atoms with Crippen LogP contribution < -0.4 is 5.43 Å². The minimum atomic E-state index is -0.548. The number of ether oxygens (including phenoxy) is 1. The molecule has 0 unspecified atom stereocenters. The molecule has 0 bridgehead atoms. The second kappa shape index (κ2) is 3.01. The van der Waals surface area contributed by atoms with Crippen molar-refractivity contribution in [2.45, 2.75) is 38.5 Å². The van der Waals surface area contributed by atoms with Gasteiger partial charge in [0, 0.05) is 6.54 Å². The number of carbonyl (C=O) groups excluding carboxylic acids is 1. The number of hydrogen-bond acceptors (Lipinski definition) is 3. The first-order valence-corrected chi connectivity index (χ1v) is 5.82. The molecule has 0 saturated carbocycles. The predicted octanol–water partition coefficient (Wildman–Crippen LogP) is 2.15. The molecule has 1 N–H and O–H groups in total. The van der Waals surface area contributed by atoms with Crippen LogP contribution in [0.3, 0.4) is 0 Å². The smallest absolute Gasteiger partial charge is 0.425 e. The van der Waals surface area contributed by atoms with E-state index in [2.05, 4.69) is 17.6 Å². The van der Waals surface area contributed by atoms with Crippen molar-refractivity contribution in [2.75, 3.05) is 0 Å². The lowest BCUT2D eigenvalue weighted by Crippen LogP contribution is -2.59. The highest BCUT2D eigenvalue weighted by atomic mass is 16.6. The van der Waals surface area contributed by atoms with Gasteiger partial charge in [0.15, 0.2) is 0 Å². The van der Waals surface area contributed by atoms with Gasteiger partial charge in [-0.15, -0.1) is 0 Å². The molecular weight excluding hydrogens is 216 g/mol. The lowest BCUT2D eigenvalue weighted by Gasteiger charge is -2.44. The Labute approximate surface area is 101 Å². The van der Waals surface area contributed by atoms with Crippen LogP contribution in [-0.2, 0) is 16.8 Å². The van der Waals surface area contributed by atoms with E-state index >= 15 is 0 Å². The van der Waals surface area contributed by atoms with Crippen LogP contribution in [0.5, 0.6) is 0 Å². The molecule has 1 saturated heterocycles. The van der Waals surface area contributed by atoms with Crippen LogP contribution in [0.4, 0.5) is 4.79 Å². The third kappa shape index (κ3) is 1.13. The highest BCUT2D eigenvalue weighted by Crippen LogP contribution is 2.48. The minimum Gasteiger partial charge on any atom is -0.439 e. The maximum atomic E-state index is 11.9. The highest BCUT2D eigenvalue weighted by Gasteiger charge is 2.60. The third-order valence-electron chi connectivity index (χ3n) is 4.11. The first kappa shape index (κ1) is 10.6. The number of cyclic esters (lactones) is 1. The molecule has 2 aliphatic rings. The Morgan fingerprint density at radius 2 is 2.00 bits per heavy atom. The summed E-state index contributed by atoms with van der Waals surface area (Å²) in [5, 5.41) is 1.62. The molecule has 1 atom stereocenters. The SMILES string of the molecule is CC1(C)OC(=O)N2NCc3ccccc3[C@]21C. The summed E-state index contributed by atoms with van der Waals surface area (Å²) in [7, 11) is 0. The van der Waals surface area contributed by atoms with Gasteiger partial charge in [-0.2, -0.15) is 0 Å². The van der Waals surface area contributed by atoms with Crippen molar-refractivity contribution in [1.82, 2.24) is 10.4 Å². The zero-order chi connectivity index (χ0) is 12.3. The highest BCUT2D eigenvalue weighted by molar-refractivity contribution is 5.73. The second-order valence-electron chi connectivity index (χ2n) is 5.28. The lowest BCUT2D eigenvalue weighted by molar-refractivity contribution is 0.00527. The van der Waals surface area contributed by atoms with Crippen LogP contribution in [0, 0.1) is 0 Å². The molecule has 1 amide bonds. The number of benzene rings is 1. The van der Waals surface area contributed by atoms with Crippen molar-refractivity contribution < 1.29 is 9.53 Å². The molecule has 90 valence electrons. The molecule has 0 aromatic heterocycles. The van der Waals surface area contributed by atoms with Crippen molar-refractivity contribution in [3.05, 3.63) is 35.4 Å². The molecular formula is C13H16N2O2. The summed E-state index contributed by atoms with van der Waals surface area (Å²) in [6.07, 6.45) is -0.299. The van der Waals surface area contributed by atoms with Crippen molar-refractivity contribution >= 4 is 6.09 Å². The number of hydrazine groups is 1. The number of nitrogens with one attached hydrogen (secondary N) is 1. The first-order valence-electron chi connectivity index (χ1n) is 5.82. The maximum Gasteiger partial charge on any atom is 0.425 e. The Balaban J connectivity index is 2.25. The summed E-state index contributed by atoms with van der Waals surface area (Å²) in [4.78, 5) is 11.9. The van der Waals surface area contributed by atoms with Gasteiger partial charge >= 0.3 is 6.09 Å². The average molecular weight is 232 g/mol. The summed E-state index contributed by atoms with van der Waals surface area (Å²) in [6, 6.07) is 8.19. The standard InChI is InChI=1S/C13H16N2O2/c1-12(2)13(3)10-7-5-4-6-9(10)8-14-15(13)11(16)17-12/h4-7,14H,8H2,1-3H3/t13-/m0/s1. The number of amides is 1. The second-order valence-corrected chi connectivity index (χ2v) is 5.28. The molecule has 1 fully saturated rings. The van der Waals surface area contributed by atoms with E-state index in [0.717, 1.165) is 5.56 Å². The Hall–Kier alpha value is -1.55. The van der Waals surface area contributed by atoms with Crippen LogP contribution in [0.25, 0.3) is 0 Å². The molecule has 4 nitrogen and oxygen atoms in total. The van der Waals surface area contributed by atoms with Crippen molar-refractivity contribution in [3.63, 3.8) is 0 Å². The molecule has 1 aromatic carbocycles. The summed E-state index contributed by atoms with van der Waals surface area (Å²) in [5.41, 5.74) is 4.52. The summed E-state index contributed by atoms with van der Waals surface area (Å²) < 4.78 is 5.48. The van der Waals surface area contributed by atoms with E-state index < -0.39 is 11.1 Å². The van der Waals surface area contributed by atoms with Gasteiger partial charge in [0.1, 0.15) is 11.1 Å². The number of hydrogen-bond donors (Lipinski definition) is 1. The third-order valence-corrected chi connectivity index (χ3v) is 4.11. The largest absolute Gasteiger partial charge is 0.439 e. The first-order chi connectivity index (χ1) is 7.97. The Morgan fingerprint density at radius 3 is 2.76 bits per heavy atom. The Bertz CT molecular complexity index is 498. The van der Waals surface area contributed by atoms with Gasteiger partial charge in [-0.3, -0.25) is 0 Å². The fraction of sp³-hybridized carbons (Fsp3) is 0.462. The van der Waals surface area contributed by atoms with Gasteiger partial charge in [-0.1, -0.05) is 24.3 Å². The van der Waals surface area contributed by atoms with Crippen LogP contribution in [0.15, 0.2) is 24.3 Å². The van der Waals surface area contributed by atoms with E-state index in [4.69, 9.17) is 4.74 Å². The fourth-order valence-electron chi connectivity index (χ4n) is 2.80. The summed E-state index contributed by atoms with van der Waals surface area (Å²) in [6.45, 7) is 6.61. The topological polar surface area (TPSA) is 41.6 Å². The number of nitrogens with zero attached hydrogens (tertiary/aromatic N) is 1. The van der Waals surface area contributed by atoms with E-state index in [9.17, 15) is 4.79 Å².